The van der Waals surface area contributed by atoms with Gasteiger partial charge in [-0.1, -0.05) is 48.5 Å². The summed E-state index contributed by atoms with van der Waals surface area (Å²) in [6.07, 6.45) is 0.395. The number of hydrogen-bond acceptors (Lipinski definition) is 4. The number of amides is 1. The van der Waals surface area contributed by atoms with Gasteiger partial charge in [-0.25, -0.2) is 12.8 Å². The van der Waals surface area contributed by atoms with Gasteiger partial charge < -0.3 is 5.32 Å². The highest BCUT2D eigenvalue weighted by molar-refractivity contribution is 8.00. The lowest BCUT2D eigenvalue weighted by Crippen LogP contribution is -2.35. The molecule has 180 valence electrons. The highest BCUT2D eigenvalue weighted by Crippen LogP contribution is 2.27. The van der Waals surface area contributed by atoms with Gasteiger partial charge in [0.1, 0.15) is 5.82 Å². The van der Waals surface area contributed by atoms with Crippen molar-refractivity contribution in [2.45, 2.75) is 16.2 Å². The number of anilines is 1. The van der Waals surface area contributed by atoms with Gasteiger partial charge >= 0.3 is 0 Å². The molecular weight excluding hydrogens is 483 g/mol. The first kappa shape index (κ1) is 24.8. The molecule has 0 heterocycles. The molecule has 0 unspecified atom stereocenters. The number of rotatable bonds is 10. The highest BCUT2D eigenvalue weighted by Gasteiger charge is 2.25. The van der Waals surface area contributed by atoms with Crippen molar-refractivity contribution in [2.75, 3.05) is 23.1 Å². The molecular formula is C27H25FN2O3S2. The minimum absolute atomic E-state index is 0.121. The highest BCUT2D eigenvalue weighted by atomic mass is 32.2. The second-order valence-corrected chi connectivity index (χ2v) is 10.8. The van der Waals surface area contributed by atoms with E-state index in [1.165, 1.54) is 40.3 Å². The summed E-state index contributed by atoms with van der Waals surface area (Å²) in [4.78, 5) is 13.4. The molecule has 4 rings (SSSR count). The largest absolute Gasteiger partial charge is 0.355 e. The van der Waals surface area contributed by atoms with E-state index < -0.39 is 15.8 Å². The number of carbonyl (C=O) groups is 1. The Morgan fingerprint density at radius 3 is 2.29 bits per heavy atom. The van der Waals surface area contributed by atoms with Crippen molar-refractivity contribution in [1.82, 2.24) is 5.32 Å². The summed E-state index contributed by atoms with van der Waals surface area (Å²) in [5.41, 5.74) is 0.366. The Kier molecular flexibility index (Phi) is 8.05. The lowest BCUT2D eigenvalue weighted by molar-refractivity contribution is -0.118. The molecule has 0 saturated heterocycles. The predicted octanol–water partition coefficient (Wildman–Crippen LogP) is 5.47. The Labute approximate surface area is 209 Å². The van der Waals surface area contributed by atoms with E-state index in [9.17, 15) is 17.6 Å². The molecule has 0 atom stereocenters. The van der Waals surface area contributed by atoms with Gasteiger partial charge in [0.2, 0.25) is 5.91 Å². The van der Waals surface area contributed by atoms with Crippen LogP contribution >= 0.6 is 11.8 Å². The van der Waals surface area contributed by atoms with E-state index in [0.29, 0.717) is 18.7 Å². The molecule has 35 heavy (non-hydrogen) atoms. The third-order valence-electron chi connectivity index (χ3n) is 5.40. The average Bonchev–Trinajstić information content (AvgIpc) is 2.88. The molecule has 8 heteroatoms. The van der Waals surface area contributed by atoms with Gasteiger partial charge in [-0.05, 0) is 65.7 Å². The zero-order chi connectivity index (χ0) is 24.7. The van der Waals surface area contributed by atoms with Crippen molar-refractivity contribution in [1.29, 1.82) is 0 Å². The third kappa shape index (κ3) is 6.41. The monoisotopic (exact) mass is 508 g/mol. The van der Waals surface area contributed by atoms with Crippen LogP contribution in [0.3, 0.4) is 0 Å². The standard InChI is InChI=1S/C27H25FN2O3S2/c28-23-12-14-24(15-13-23)30(18-6-17-29-27(31)20-34-25-9-2-1-3-10-25)35(32,33)26-16-11-21-7-4-5-8-22(21)19-26/h1-5,7-16,19H,6,17-18,20H2,(H,29,31). The Balaban J connectivity index is 1.44. The Bertz CT molecular complexity index is 1400. The van der Waals surface area contributed by atoms with Crippen LogP contribution in [-0.4, -0.2) is 33.2 Å². The molecule has 1 N–H and O–H groups in total. The van der Waals surface area contributed by atoms with Crippen molar-refractivity contribution in [3.05, 3.63) is 103 Å². The van der Waals surface area contributed by atoms with Crippen molar-refractivity contribution in [3.8, 4) is 0 Å². The Hall–Kier alpha value is -3.36. The topological polar surface area (TPSA) is 66.5 Å². The summed E-state index contributed by atoms with van der Waals surface area (Å²) in [6.45, 7) is 0.450. The van der Waals surface area contributed by atoms with E-state index in [1.54, 1.807) is 18.2 Å². The molecule has 0 fully saturated rings. The maximum atomic E-state index is 13.6. The molecule has 0 spiro atoms. The third-order valence-corrected chi connectivity index (χ3v) is 8.23. The van der Waals surface area contributed by atoms with Crippen LogP contribution in [0, 0.1) is 5.82 Å². The molecule has 0 aliphatic heterocycles. The van der Waals surface area contributed by atoms with Crippen LogP contribution in [0.15, 0.2) is 107 Å². The number of sulfonamides is 1. The number of thioether (sulfide) groups is 1. The van der Waals surface area contributed by atoms with Gasteiger partial charge in [0, 0.05) is 18.0 Å². The van der Waals surface area contributed by atoms with Crippen LogP contribution in [0.2, 0.25) is 0 Å². The molecule has 0 radical (unpaired) electrons. The summed E-state index contributed by atoms with van der Waals surface area (Å²) in [6, 6.07) is 27.5. The summed E-state index contributed by atoms with van der Waals surface area (Å²) in [5.74, 6) is -0.286. The number of carbonyl (C=O) groups excluding carboxylic acids is 1. The number of nitrogens with zero attached hydrogens (tertiary/aromatic N) is 1. The molecule has 1 amide bonds. The van der Waals surface area contributed by atoms with Crippen molar-refractivity contribution < 1.29 is 17.6 Å². The normalized spacial score (nSPS) is 11.3. The molecule has 0 aromatic heterocycles. The van der Waals surface area contributed by atoms with Gasteiger partial charge in [0.15, 0.2) is 0 Å². The quantitative estimate of drug-likeness (QED) is 0.228. The fourth-order valence-electron chi connectivity index (χ4n) is 3.62. The van der Waals surface area contributed by atoms with E-state index >= 15 is 0 Å². The summed E-state index contributed by atoms with van der Waals surface area (Å²) in [5, 5.41) is 4.60. The van der Waals surface area contributed by atoms with Crippen LogP contribution in [-0.2, 0) is 14.8 Å². The lowest BCUT2D eigenvalue weighted by Gasteiger charge is -2.25. The number of halogens is 1. The van der Waals surface area contributed by atoms with Gasteiger partial charge in [-0.15, -0.1) is 11.8 Å². The average molecular weight is 509 g/mol. The molecule has 0 aliphatic carbocycles. The van der Waals surface area contributed by atoms with Crippen LogP contribution in [0.4, 0.5) is 10.1 Å². The van der Waals surface area contributed by atoms with Gasteiger partial charge in [0.25, 0.3) is 10.0 Å². The number of hydrogen-bond donors (Lipinski definition) is 1. The summed E-state index contributed by atoms with van der Waals surface area (Å²) in [7, 11) is -3.91. The minimum Gasteiger partial charge on any atom is -0.355 e. The van der Waals surface area contributed by atoms with Crippen LogP contribution in [0.5, 0.6) is 0 Å². The molecule has 4 aromatic carbocycles. The van der Waals surface area contributed by atoms with Crippen LogP contribution in [0.25, 0.3) is 10.8 Å². The first-order valence-corrected chi connectivity index (χ1v) is 13.6. The van der Waals surface area contributed by atoms with Gasteiger partial charge in [-0.3, -0.25) is 9.10 Å². The predicted molar refractivity (Wildman–Crippen MR) is 140 cm³/mol. The number of nitrogens with one attached hydrogen (secondary N) is 1. The second kappa shape index (κ2) is 11.4. The second-order valence-electron chi connectivity index (χ2n) is 7.87. The molecule has 4 aromatic rings. The summed E-state index contributed by atoms with van der Waals surface area (Å²) < 4.78 is 42.0. The van der Waals surface area contributed by atoms with Crippen LogP contribution < -0.4 is 9.62 Å². The summed E-state index contributed by atoms with van der Waals surface area (Å²) >= 11 is 1.44. The molecule has 0 aliphatic rings. The Morgan fingerprint density at radius 1 is 0.857 bits per heavy atom. The van der Waals surface area contributed by atoms with E-state index in [4.69, 9.17) is 0 Å². The van der Waals surface area contributed by atoms with Crippen molar-refractivity contribution in [2.24, 2.45) is 0 Å². The van der Waals surface area contributed by atoms with Crippen LogP contribution in [0.1, 0.15) is 6.42 Å². The maximum absolute atomic E-state index is 13.6. The first-order chi connectivity index (χ1) is 16.9. The first-order valence-electron chi connectivity index (χ1n) is 11.2. The SMILES string of the molecule is O=C(CSc1ccccc1)NCCCN(c1ccc(F)cc1)S(=O)(=O)c1ccc2ccccc2c1. The fourth-order valence-corrected chi connectivity index (χ4v) is 5.91. The van der Waals surface area contributed by atoms with E-state index in [-0.39, 0.29) is 23.1 Å². The molecule has 0 saturated carbocycles. The minimum atomic E-state index is -3.91. The van der Waals surface area contributed by atoms with Gasteiger partial charge in [-0.2, -0.15) is 0 Å². The smallest absolute Gasteiger partial charge is 0.264 e. The maximum Gasteiger partial charge on any atom is 0.264 e. The van der Waals surface area contributed by atoms with Crippen molar-refractivity contribution in [3.63, 3.8) is 0 Å². The van der Waals surface area contributed by atoms with E-state index in [1.807, 2.05) is 54.6 Å². The van der Waals surface area contributed by atoms with E-state index in [0.717, 1.165) is 15.7 Å². The van der Waals surface area contributed by atoms with Crippen molar-refractivity contribution >= 4 is 44.2 Å². The number of benzene rings is 4. The lowest BCUT2D eigenvalue weighted by atomic mass is 10.1. The van der Waals surface area contributed by atoms with E-state index in [2.05, 4.69) is 5.32 Å². The number of fused-ring (bicyclic) bond motifs is 1. The Morgan fingerprint density at radius 2 is 1.54 bits per heavy atom. The zero-order valence-corrected chi connectivity index (χ0v) is 20.6. The fraction of sp³-hybridized carbons (Fsp3) is 0.148. The molecule has 5 nitrogen and oxygen atoms in total. The molecule has 0 bridgehead atoms. The zero-order valence-electron chi connectivity index (χ0n) is 18.9. The van der Waals surface area contributed by atoms with Gasteiger partial charge in [0.05, 0.1) is 16.3 Å².